The highest BCUT2D eigenvalue weighted by Gasteiger charge is 2.22. The normalized spacial score (nSPS) is 19.7. The molecule has 0 saturated carbocycles. The minimum atomic E-state index is -0.351. The molecule has 7 heteroatoms. The number of hydrogen-bond acceptors (Lipinski definition) is 3. The Morgan fingerprint density at radius 3 is 2.53 bits per heavy atom. The van der Waals surface area contributed by atoms with Crippen LogP contribution in [0.5, 0.6) is 0 Å². The van der Waals surface area contributed by atoms with Gasteiger partial charge in [-0.1, -0.05) is 34.8 Å². The Morgan fingerprint density at radius 1 is 1.37 bits per heavy atom. The van der Waals surface area contributed by atoms with Gasteiger partial charge in [0.15, 0.2) is 0 Å². The second-order valence-electron chi connectivity index (χ2n) is 4.47. The summed E-state index contributed by atoms with van der Waals surface area (Å²) < 4.78 is 0. The number of hydrogen-bond donors (Lipinski definition) is 2. The van der Waals surface area contributed by atoms with E-state index in [-0.39, 0.29) is 18.6 Å². The smallest absolute Gasteiger partial charge is 0.238 e. The molecule has 0 bridgehead atoms. The molecule has 1 aromatic carbocycles. The van der Waals surface area contributed by atoms with Gasteiger partial charge in [-0.2, -0.15) is 0 Å². The van der Waals surface area contributed by atoms with E-state index in [1.807, 2.05) is 4.90 Å². The van der Waals surface area contributed by atoms with Crippen LogP contribution in [-0.4, -0.2) is 41.7 Å². The Bertz CT molecular complexity index is 473. The molecule has 4 nitrogen and oxygen atoms in total. The van der Waals surface area contributed by atoms with Crippen LogP contribution in [0, 0.1) is 0 Å². The van der Waals surface area contributed by atoms with Gasteiger partial charge in [0, 0.05) is 18.1 Å². The van der Waals surface area contributed by atoms with Crippen molar-refractivity contribution < 1.29 is 9.90 Å². The van der Waals surface area contributed by atoms with Crippen molar-refractivity contribution in [3.05, 3.63) is 27.2 Å². The second kappa shape index (κ2) is 6.29. The van der Waals surface area contributed by atoms with Gasteiger partial charge < -0.3 is 10.4 Å². The maximum atomic E-state index is 11.9. The summed E-state index contributed by atoms with van der Waals surface area (Å²) >= 11 is 17.8. The van der Waals surface area contributed by atoms with Gasteiger partial charge in [0.2, 0.25) is 5.91 Å². The molecule has 1 fully saturated rings. The SMILES string of the molecule is O=C(CN1CC[C@H](O)C1)Nc1c(Cl)cc(Cl)cc1Cl. The lowest BCUT2D eigenvalue weighted by atomic mass is 10.3. The van der Waals surface area contributed by atoms with E-state index in [0.29, 0.717) is 40.3 Å². The molecular weight excluding hydrogens is 311 g/mol. The van der Waals surface area contributed by atoms with Crippen LogP contribution in [0.15, 0.2) is 12.1 Å². The summed E-state index contributed by atoms with van der Waals surface area (Å²) in [7, 11) is 0. The van der Waals surface area contributed by atoms with Crippen molar-refractivity contribution in [2.75, 3.05) is 25.0 Å². The summed E-state index contributed by atoms with van der Waals surface area (Å²) in [6, 6.07) is 3.04. The fourth-order valence-corrected chi connectivity index (χ4v) is 2.91. The van der Waals surface area contributed by atoms with E-state index in [4.69, 9.17) is 34.8 Å². The summed E-state index contributed by atoms with van der Waals surface area (Å²) in [5, 5.41) is 13.1. The largest absolute Gasteiger partial charge is 0.392 e. The highest BCUT2D eigenvalue weighted by atomic mass is 35.5. The van der Waals surface area contributed by atoms with Crippen molar-refractivity contribution in [2.45, 2.75) is 12.5 Å². The van der Waals surface area contributed by atoms with E-state index >= 15 is 0 Å². The third kappa shape index (κ3) is 3.97. The number of benzene rings is 1. The molecule has 1 amide bonds. The molecule has 1 saturated heterocycles. The molecule has 1 aliphatic rings. The van der Waals surface area contributed by atoms with Crippen molar-refractivity contribution in [3.63, 3.8) is 0 Å². The molecule has 2 N–H and O–H groups in total. The first-order chi connectivity index (χ1) is 8.95. The van der Waals surface area contributed by atoms with Crippen molar-refractivity contribution in [1.29, 1.82) is 0 Å². The summed E-state index contributed by atoms with van der Waals surface area (Å²) in [5.74, 6) is -0.222. The number of aliphatic hydroxyl groups excluding tert-OH is 1. The molecule has 0 aromatic heterocycles. The number of carbonyl (C=O) groups excluding carboxylic acids is 1. The number of carbonyl (C=O) groups is 1. The number of halogens is 3. The first-order valence-electron chi connectivity index (χ1n) is 5.80. The summed E-state index contributed by atoms with van der Waals surface area (Å²) in [5.41, 5.74) is 0.359. The van der Waals surface area contributed by atoms with E-state index < -0.39 is 0 Å². The monoisotopic (exact) mass is 322 g/mol. The standard InChI is InChI=1S/C12H13Cl3N2O2/c13-7-3-9(14)12(10(15)4-7)16-11(19)6-17-2-1-8(18)5-17/h3-4,8,18H,1-2,5-6H2,(H,16,19)/t8-/m0/s1. The average molecular weight is 324 g/mol. The number of rotatable bonds is 3. The van der Waals surface area contributed by atoms with Crippen LogP contribution in [0.2, 0.25) is 15.1 Å². The first-order valence-corrected chi connectivity index (χ1v) is 6.94. The van der Waals surface area contributed by atoms with Crippen LogP contribution < -0.4 is 5.32 Å². The van der Waals surface area contributed by atoms with Gasteiger partial charge in [-0.3, -0.25) is 9.69 Å². The number of β-amino-alcohol motifs (C(OH)–C–C–N with tert-alkyl or cyclic N) is 1. The number of amides is 1. The van der Waals surface area contributed by atoms with Crippen molar-refractivity contribution >= 4 is 46.4 Å². The fraction of sp³-hybridized carbons (Fsp3) is 0.417. The Labute approximate surface area is 126 Å². The molecular formula is C12H13Cl3N2O2. The third-order valence-corrected chi connectivity index (χ3v) is 3.70. The van der Waals surface area contributed by atoms with Crippen LogP contribution in [0.3, 0.4) is 0 Å². The Morgan fingerprint density at radius 2 is 2.00 bits per heavy atom. The maximum Gasteiger partial charge on any atom is 0.238 e. The predicted molar refractivity (Wildman–Crippen MR) is 77.2 cm³/mol. The van der Waals surface area contributed by atoms with Gasteiger partial charge >= 0.3 is 0 Å². The lowest BCUT2D eigenvalue weighted by Crippen LogP contribution is -2.32. The first kappa shape index (κ1) is 14.9. The quantitative estimate of drug-likeness (QED) is 0.899. The summed E-state index contributed by atoms with van der Waals surface area (Å²) in [4.78, 5) is 13.8. The lowest BCUT2D eigenvalue weighted by Gasteiger charge is -2.15. The Hall–Kier alpha value is -0.520. The molecule has 0 unspecified atom stereocenters. The molecule has 0 radical (unpaired) electrons. The lowest BCUT2D eigenvalue weighted by molar-refractivity contribution is -0.117. The molecule has 0 aliphatic carbocycles. The highest BCUT2D eigenvalue weighted by molar-refractivity contribution is 6.42. The number of nitrogens with one attached hydrogen (secondary N) is 1. The Balaban J connectivity index is 1.99. The Kier molecular flexibility index (Phi) is 4.92. The molecule has 2 rings (SSSR count). The van der Waals surface area contributed by atoms with Crippen molar-refractivity contribution in [3.8, 4) is 0 Å². The third-order valence-electron chi connectivity index (χ3n) is 2.89. The molecule has 1 atom stereocenters. The number of anilines is 1. The van der Waals surface area contributed by atoms with Gasteiger partial charge in [0.05, 0.1) is 28.4 Å². The van der Waals surface area contributed by atoms with E-state index in [9.17, 15) is 9.90 Å². The number of aliphatic hydroxyl groups is 1. The van der Waals surface area contributed by atoms with Crippen LogP contribution >= 0.6 is 34.8 Å². The van der Waals surface area contributed by atoms with E-state index in [1.54, 1.807) is 0 Å². The molecule has 0 spiro atoms. The highest BCUT2D eigenvalue weighted by Crippen LogP contribution is 2.33. The van der Waals surface area contributed by atoms with Crippen molar-refractivity contribution in [2.24, 2.45) is 0 Å². The van der Waals surface area contributed by atoms with Crippen LogP contribution in [0.25, 0.3) is 0 Å². The molecule has 19 heavy (non-hydrogen) atoms. The van der Waals surface area contributed by atoms with Gasteiger partial charge in [-0.25, -0.2) is 0 Å². The number of nitrogens with zero attached hydrogens (tertiary/aromatic N) is 1. The van der Waals surface area contributed by atoms with E-state index in [2.05, 4.69) is 5.32 Å². The molecule has 1 aromatic rings. The maximum absolute atomic E-state index is 11.9. The van der Waals surface area contributed by atoms with Crippen LogP contribution in [0.4, 0.5) is 5.69 Å². The van der Waals surface area contributed by atoms with Gasteiger partial charge in [0.25, 0.3) is 0 Å². The topological polar surface area (TPSA) is 52.6 Å². The zero-order valence-electron chi connectivity index (χ0n) is 10.00. The van der Waals surface area contributed by atoms with Crippen LogP contribution in [-0.2, 0) is 4.79 Å². The van der Waals surface area contributed by atoms with Gasteiger partial charge in [-0.15, -0.1) is 0 Å². The fourth-order valence-electron chi connectivity index (χ4n) is 2.00. The van der Waals surface area contributed by atoms with Gasteiger partial charge in [0.1, 0.15) is 0 Å². The molecule has 1 heterocycles. The predicted octanol–water partition coefficient (Wildman–Crippen LogP) is 2.65. The molecule has 104 valence electrons. The van der Waals surface area contributed by atoms with Gasteiger partial charge in [-0.05, 0) is 18.6 Å². The van der Waals surface area contributed by atoms with E-state index in [1.165, 1.54) is 12.1 Å². The summed E-state index contributed by atoms with van der Waals surface area (Å²) in [6.45, 7) is 1.42. The van der Waals surface area contributed by atoms with Crippen LogP contribution in [0.1, 0.15) is 6.42 Å². The average Bonchev–Trinajstić information content (AvgIpc) is 2.69. The minimum absolute atomic E-state index is 0.201. The second-order valence-corrected chi connectivity index (χ2v) is 5.72. The zero-order valence-corrected chi connectivity index (χ0v) is 12.3. The minimum Gasteiger partial charge on any atom is -0.392 e. The summed E-state index contributed by atoms with van der Waals surface area (Å²) in [6.07, 6.45) is 0.339. The van der Waals surface area contributed by atoms with E-state index in [0.717, 1.165) is 0 Å². The number of likely N-dealkylation sites (tertiary alicyclic amines) is 1. The zero-order chi connectivity index (χ0) is 14.0. The molecule has 1 aliphatic heterocycles. The van der Waals surface area contributed by atoms with Crippen molar-refractivity contribution in [1.82, 2.24) is 4.90 Å².